The smallest absolute Gasteiger partial charge is 0.266 e. The molecular weight excluding hydrogens is 266 g/mol. The summed E-state index contributed by atoms with van der Waals surface area (Å²) >= 11 is 0. The standard InChI is InChI=1S/C16H21N3O2/c1-11-4-5-12(2)13(10-11)16(17)14-6-7-15(20)19(18-14)8-9-21-3/h4-7,10,16H,8-9,17H2,1-3H3. The third kappa shape index (κ3) is 3.56. The lowest BCUT2D eigenvalue weighted by Crippen LogP contribution is -2.27. The first-order valence-corrected chi connectivity index (χ1v) is 6.92. The number of aryl methyl sites for hydroxylation is 2. The molecule has 0 aliphatic carbocycles. The Balaban J connectivity index is 2.36. The van der Waals surface area contributed by atoms with E-state index >= 15 is 0 Å². The third-order valence-corrected chi connectivity index (χ3v) is 3.48. The van der Waals surface area contributed by atoms with Gasteiger partial charge in [0.05, 0.1) is 24.9 Å². The Labute approximate surface area is 124 Å². The van der Waals surface area contributed by atoms with E-state index in [4.69, 9.17) is 10.5 Å². The van der Waals surface area contributed by atoms with E-state index in [1.54, 1.807) is 13.2 Å². The number of hydrogen-bond acceptors (Lipinski definition) is 4. The summed E-state index contributed by atoms with van der Waals surface area (Å²) in [6, 6.07) is 9.01. The van der Waals surface area contributed by atoms with Gasteiger partial charge >= 0.3 is 0 Å². The van der Waals surface area contributed by atoms with Gasteiger partial charge in [-0.05, 0) is 31.0 Å². The topological polar surface area (TPSA) is 70.1 Å². The summed E-state index contributed by atoms with van der Waals surface area (Å²) in [6.07, 6.45) is 0. The van der Waals surface area contributed by atoms with Crippen molar-refractivity contribution in [3.05, 3.63) is 63.1 Å². The predicted octanol–water partition coefficient (Wildman–Crippen LogP) is 1.55. The normalized spacial score (nSPS) is 12.4. The van der Waals surface area contributed by atoms with Crippen molar-refractivity contribution >= 4 is 0 Å². The molecule has 0 aliphatic rings. The van der Waals surface area contributed by atoms with Crippen LogP contribution >= 0.6 is 0 Å². The van der Waals surface area contributed by atoms with Crippen molar-refractivity contribution < 1.29 is 4.74 Å². The molecule has 0 spiro atoms. The minimum absolute atomic E-state index is 0.149. The molecular formula is C16H21N3O2. The average molecular weight is 287 g/mol. The molecule has 1 heterocycles. The SMILES string of the molecule is COCCn1nc(C(N)c2cc(C)ccc2C)ccc1=O. The van der Waals surface area contributed by atoms with Gasteiger partial charge < -0.3 is 10.5 Å². The van der Waals surface area contributed by atoms with E-state index in [9.17, 15) is 4.79 Å². The fraction of sp³-hybridized carbons (Fsp3) is 0.375. The second-order valence-corrected chi connectivity index (χ2v) is 5.15. The maximum atomic E-state index is 11.8. The molecule has 1 aromatic carbocycles. The summed E-state index contributed by atoms with van der Waals surface area (Å²) in [7, 11) is 1.59. The van der Waals surface area contributed by atoms with Crippen molar-refractivity contribution in [1.29, 1.82) is 0 Å². The highest BCUT2D eigenvalue weighted by Gasteiger charge is 2.14. The Morgan fingerprint density at radius 1 is 1.29 bits per heavy atom. The lowest BCUT2D eigenvalue weighted by molar-refractivity contribution is 0.181. The summed E-state index contributed by atoms with van der Waals surface area (Å²) in [5.74, 6) is 0. The number of rotatable bonds is 5. The van der Waals surface area contributed by atoms with Gasteiger partial charge in [-0.3, -0.25) is 4.79 Å². The van der Waals surface area contributed by atoms with E-state index in [1.807, 2.05) is 19.9 Å². The maximum Gasteiger partial charge on any atom is 0.266 e. The molecule has 0 radical (unpaired) electrons. The molecule has 5 nitrogen and oxygen atoms in total. The molecule has 0 amide bonds. The molecule has 2 aromatic rings. The summed E-state index contributed by atoms with van der Waals surface area (Å²) in [5, 5.41) is 4.36. The van der Waals surface area contributed by atoms with E-state index in [0.717, 1.165) is 16.7 Å². The quantitative estimate of drug-likeness (QED) is 0.906. The zero-order valence-electron chi connectivity index (χ0n) is 12.7. The van der Waals surface area contributed by atoms with Crippen LogP contribution in [-0.2, 0) is 11.3 Å². The van der Waals surface area contributed by atoms with E-state index in [2.05, 4.69) is 17.2 Å². The summed E-state index contributed by atoms with van der Waals surface area (Å²) in [5.41, 5.74) is 10.1. The minimum Gasteiger partial charge on any atom is -0.383 e. The van der Waals surface area contributed by atoms with Gasteiger partial charge in [0.2, 0.25) is 0 Å². The van der Waals surface area contributed by atoms with E-state index < -0.39 is 0 Å². The van der Waals surface area contributed by atoms with E-state index in [-0.39, 0.29) is 11.6 Å². The highest BCUT2D eigenvalue weighted by Crippen LogP contribution is 2.21. The minimum atomic E-state index is -0.348. The van der Waals surface area contributed by atoms with Crippen LogP contribution in [0.15, 0.2) is 35.1 Å². The second-order valence-electron chi connectivity index (χ2n) is 5.15. The molecule has 1 aromatic heterocycles. The zero-order chi connectivity index (χ0) is 15.4. The molecule has 2 rings (SSSR count). The number of benzene rings is 1. The lowest BCUT2D eigenvalue weighted by Gasteiger charge is -2.16. The van der Waals surface area contributed by atoms with E-state index in [0.29, 0.717) is 18.8 Å². The first-order valence-electron chi connectivity index (χ1n) is 6.92. The van der Waals surface area contributed by atoms with Crippen LogP contribution in [0.5, 0.6) is 0 Å². The number of nitrogens with two attached hydrogens (primary N) is 1. The molecule has 0 bridgehead atoms. The molecule has 2 N–H and O–H groups in total. The maximum absolute atomic E-state index is 11.8. The molecule has 1 atom stereocenters. The van der Waals surface area contributed by atoms with Crippen molar-refractivity contribution in [3.8, 4) is 0 Å². The third-order valence-electron chi connectivity index (χ3n) is 3.48. The summed E-state index contributed by atoms with van der Waals surface area (Å²) in [4.78, 5) is 11.8. The van der Waals surface area contributed by atoms with Gasteiger partial charge in [0, 0.05) is 13.2 Å². The number of ether oxygens (including phenoxy) is 1. The molecule has 0 fully saturated rings. The van der Waals surface area contributed by atoms with Crippen molar-refractivity contribution in [2.75, 3.05) is 13.7 Å². The van der Waals surface area contributed by atoms with E-state index in [1.165, 1.54) is 10.7 Å². The summed E-state index contributed by atoms with van der Waals surface area (Å²) < 4.78 is 6.38. The number of aromatic nitrogens is 2. The van der Waals surface area contributed by atoms with Crippen LogP contribution in [0, 0.1) is 13.8 Å². The Kier molecular flexibility index (Phi) is 4.88. The van der Waals surface area contributed by atoms with Crippen molar-refractivity contribution in [1.82, 2.24) is 9.78 Å². The van der Waals surface area contributed by atoms with Crippen LogP contribution in [0.2, 0.25) is 0 Å². The number of methoxy groups -OCH3 is 1. The number of hydrogen-bond donors (Lipinski definition) is 1. The van der Waals surface area contributed by atoms with Crippen LogP contribution in [0.4, 0.5) is 0 Å². The first-order chi connectivity index (χ1) is 10.0. The Hall–Kier alpha value is -1.98. The first kappa shape index (κ1) is 15.4. The largest absolute Gasteiger partial charge is 0.383 e. The fourth-order valence-electron chi connectivity index (χ4n) is 2.22. The molecule has 21 heavy (non-hydrogen) atoms. The van der Waals surface area contributed by atoms with Crippen LogP contribution in [-0.4, -0.2) is 23.5 Å². The average Bonchev–Trinajstić information content (AvgIpc) is 2.48. The van der Waals surface area contributed by atoms with Crippen LogP contribution < -0.4 is 11.3 Å². The van der Waals surface area contributed by atoms with Crippen molar-refractivity contribution in [2.45, 2.75) is 26.4 Å². The summed E-state index contributed by atoms with van der Waals surface area (Å²) in [6.45, 7) is 4.91. The molecule has 5 heteroatoms. The predicted molar refractivity (Wildman–Crippen MR) is 82.3 cm³/mol. The highest BCUT2D eigenvalue weighted by molar-refractivity contribution is 5.36. The molecule has 112 valence electrons. The van der Waals surface area contributed by atoms with Crippen molar-refractivity contribution in [2.24, 2.45) is 5.73 Å². The van der Waals surface area contributed by atoms with Gasteiger partial charge in [0.15, 0.2) is 0 Å². The van der Waals surface area contributed by atoms with Gasteiger partial charge in [-0.1, -0.05) is 23.8 Å². The zero-order valence-corrected chi connectivity index (χ0v) is 12.7. The Morgan fingerprint density at radius 2 is 2.05 bits per heavy atom. The highest BCUT2D eigenvalue weighted by atomic mass is 16.5. The van der Waals surface area contributed by atoms with Gasteiger partial charge in [0.25, 0.3) is 5.56 Å². The van der Waals surface area contributed by atoms with Gasteiger partial charge in [-0.25, -0.2) is 4.68 Å². The van der Waals surface area contributed by atoms with Gasteiger partial charge in [0.1, 0.15) is 0 Å². The molecule has 0 saturated carbocycles. The van der Waals surface area contributed by atoms with Gasteiger partial charge in [-0.2, -0.15) is 5.10 Å². The lowest BCUT2D eigenvalue weighted by atomic mass is 9.97. The van der Waals surface area contributed by atoms with Crippen LogP contribution in [0.25, 0.3) is 0 Å². The van der Waals surface area contributed by atoms with Crippen LogP contribution in [0.1, 0.15) is 28.4 Å². The van der Waals surface area contributed by atoms with Gasteiger partial charge in [-0.15, -0.1) is 0 Å². The van der Waals surface area contributed by atoms with Crippen molar-refractivity contribution in [3.63, 3.8) is 0 Å². The second kappa shape index (κ2) is 6.65. The number of nitrogens with zero attached hydrogens (tertiary/aromatic N) is 2. The van der Waals surface area contributed by atoms with Crippen LogP contribution in [0.3, 0.4) is 0 Å². The Bertz CT molecular complexity index is 679. The monoisotopic (exact) mass is 287 g/mol. The molecule has 0 aliphatic heterocycles. The Morgan fingerprint density at radius 3 is 2.76 bits per heavy atom. The molecule has 1 unspecified atom stereocenters. The molecule has 0 saturated heterocycles. The fourth-order valence-corrected chi connectivity index (χ4v) is 2.22.